The summed E-state index contributed by atoms with van der Waals surface area (Å²) in [5.74, 6) is 0.671. The molecule has 4 rings (SSSR count). The number of nitrogens with zero attached hydrogens (tertiary/aromatic N) is 3. The Labute approximate surface area is 177 Å². The standard InChI is InChI=1S/C21H16F3N3O3S/c1-3-30-14-6-4-5-12(9-14)19-15-10-13(7-8-16(15)31-25-19)27-18(28)11-17(21(22,23)24)26(2)20(27)29/h4-11H,3H2,1-2H3. The molecule has 2 heterocycles. The van der Waals surface area contributed by atoms with Gasteiger partial charge in [-0.1, -0.05) is 12.1 Å². The summed E-state index contributed by atoms with van der Waals surface area (Å²) in [4.78, 5) is 25.0. The minimum atomic E-state index is -4.81. The van der Waals surface area contributed by atoms with Crippen LogP contribution in [0.5, 0.6) is 5.75 Å². The van der Waals surface area contributed by atoms with Gasteiger partial charge in [0.15, 0.2) is 0 Å². The van der Waals surface area contributed by atoms with Crippen molar-refractivity contribution in [3.8, 4) is 22.7 Å². The van der Waals surface area contributed by atoms with Gasteiger partial charge in [-0.25, -0.2) is 9.36 Å². The first-order valence-electron chi connectivity index (χ1n) is 9.24. The summed E-state index contributed by atoms with van der Waals surface area (Å²) in [5, 5.41) is 0.671. The van der Waals surface area contributed by atoms with Crippen LogP contribution in [-0.4, -0.2) is 20.1 Å². The Bertz CT molecular complexity index is 1400. The second-order valence-corrected chi connectivity index (χ2v) is 7.52. The number of hydrogen-bond donors (Lipinski definition) is 0. The van der Waals surface area contributed by atoms with Gasteiger partial charge in [0.1, 0.15) is 11.4 Å². The van der Waals surface area contributed by atoms with Crippen molar-refractivity contribution < 1.29 is 17.9 Å². The van der Waals surface area contributed by atoms with Gasteiger partial charge >= 0.3 is 11.9 Å². The molecular formula is C21H16F3N3O3S. The van der Waals surface area contributed by atoms with Crippen molar-refractivity contribution >= 4 is 21.6 Å². The maximum absolute atomic E-state index is 13.1. The van der Waals surface area contributed by atoms with E-state index in [0.29, 0.717) is 38.6 Å². The Morgan fingerprint density at radius 3 is 2.58 bits per heavy atom. The van der Waals surface area contributed by atoms with Gasteiger partial charge in [0.2, 0.25) is 0 Å². The predicted molar refractivity (Wildman–Crippen MR) is 112 cm³/mol. The van der Waals surface area contributed by atoms with E-state index in [1.807, 2.05) is 31.2 Å². The van der Waals surface area contributed by atoms with Crippen molar-refractivity contribution in [2.45, 2.75) is 13.1 Å². The van der Waals surface area contributed by atoms with Gasteiger partial charge in [0.25, 0.3) is 5.56 Å². The Morgan fingerprint density at radius 1 is 1.10 bits per heavy atom. The van der Waals surface area contributed by atoms with E-state index >= 15 is 0 Å². The summed E-state index contributed by atoms with van der Waals surface area (Å²) in [7, 11) is 0.983. The van der Waals surface area contributed by atoms with E-state index in [2.05, 4.69) is 4.37 Å². The molecule has 6 nitrogen and oxygen atoms in total. The van der Waals surface area contributed by atoms with Crippen LogP contribution in [0, 0.1) is 0 Å². The lowest BCUT2D eigenvalue weighted by Gasteiger charge is -2.14. The lowest BCUT2D eigenvalue weighted by Crippen LogP contribution is -2.40. The van der Waals surface area contributed by atoms with Crippen LogP contribution in [0.1, 0.15) is 12.6 Å². The quantitative estimate of drug-likeness (QED) is 0.470. The highest BCUT2D eigenvalue weighted by Crippen LogP contribution is 2.33. The highest BCUT2D eigenvalue weighted by molar-refractivity contribution is 7.13. The first kappa shape index (κ1) is 20.9. The Kier molecular flexibility index (Phi) is 5.18. The lowest BCUT2D eigenvalue weighted by atomic mass is 10.1. The zero-order chi connectivity index (χ0) is 22.3. The molecule has 0 aliphatic carbocycles. The summed E-state index contributed by atoms with van der Waals surface area (Å²) >= 11 is 1.24. The third-order valence-electron chi connectivity index (χ3n) is 4.74. The van der Waals surface area contributed by atoms with E-state index in [9.17, 15) is 22.8 Å². The Balaban J connectivity index is 1.89. The minimum Gasteiger partial charge on any atom is -0.494 e. The van der Waals surface area contributed by atoms with E-state index in [0.717, 1.165) is 17.3 Å². The molecule has 0 amide bonds. The Hall–Kier alpha value is -3.40. The number of alkyl halides is 3. The van der Waals surface area contributed by atoms with Crippen LogP contribution in [0.4, 0.5) is 13.2 Å². The predicted octanol–water partition coefficient (Wildman–Crippen LogP) is 4.23. The fraction of sp³-hybridized carbons (Fsp3) is 0.190. The minimum absolute atomic E-state index is 0.161. The van der Waals surface area contributed by atoms with Gasteiger partial charge < -0.3 is 4.74 Å². The van der Waals surface area contributed by atoms with Crippen LogP contribution in [0.15, 0.2) is 58.1 Å². The topological polar surface area (TPSA) is 66.1 Å². The van der Waals surface area contributed by atoms with E-state index in [1.54, 1.807) is 12.1 Å². The number of benzene rings is 2. The number of fused-ring (bicyclic) bond motifs is 1. The second-order valence-electron chi connectivity index (χ2n) is 6.72. The van der Waals surface area contributed by atoms with Crippen LogP contribution in [0.25, 0.3) is 27.0 Å². The monoisotopic (exact) mass is 447 g/mol. The fourth-order valence-electron chi connectivity index (χ4n) is 3.31. The molecular weight excluding hydrogens is 431 g/mol. The molecule has 0 aliphatic heterocycles. The molecule has 0 unspecified atom stereocenters. The van der Waals surface area contributed by atoms with Crippen molar-refractivity contribution in [3.05, 3.63) is 75.1 Å². The van der Waals surface area contributed by atoms with Crippen molar-refractivity contribution in [2.24, 2.45) is 7.05 Å². The second kappa shape index (κ2) is 7.69. The molecule has 0 radical (unpaired) electrons. The molecule has 10 heteroatoms. The zero-order valence-electron chi connectivity index (χ0n) is 16.4. The maximum Gasteiger partial charge on any atom is 0.431 e. The summed E-state index contributed by atoms with van der Waals surface area (Å²) in [6.07, 6.45) is -4.81. The molecule has 0 bridgehead atoms. The summed E-state index contributed by atoms with van der Waals surface area (Å²) in [6, 6.07) is 12.5. The van der Waals surface area contributed by atoms with Gasteiger partial charge in [0.05, 0.1) is 22.7 Å². The summed E-state index contributed by atoms with van der Waals surface area (Å²) in [6.45, 7) is 2.38. The highest BCUT2D eigenvalue weighted by atomic mass is 32.1. The SMILES string of the molecule is CCOc1cccc(-c2nsc3ccc(-n4c(=O)cc(C(F)(F)F)n(C)c4=O)cc23)c1. The molecule has 0 atom stereocenters. The first-order chi connectivity index (χ1) is 14.7. The van der Waals surface area contributed by atoms with Gasteiger partial charge in [-0.2, -0.15) is 17.5 Å². The summed E-state index contributed by atoms with van der Waals surface area (Å²) < 4.78 is 51.3. The number of ether oxygens (including phenoxy) is 1. The molecule has 160 valence electrons. The normalized spacial score (nSPS) is 11.8. The van der Waals surface area contributed by atoms with Gasteiger partial charge in [-0.05, 0) is 48.8 Å². The average molecular weight is 447 g/mol. The van der Waals surface area contributed by atoms with Crippen LogP contribution in [0.2, 0.25) is 0 Å². The Morgan fingerprint density at radius 2 is 1.87 bits per heavy atom. The van der Waals surface area contributed by atoms with Gasteiger partial charge in [0, 0.05) is 24.1 Å². The van der Waals surface area contributed by atoms with Crippen molar-refractivity contribution in [1.29, 1.82) is 0 Å². The highest BCUT2D eigenvalue weighted by Gasteiger charge is 2.35. The third-order valence-corrected chi connectivity index (χ3v) is 5.57. The van der Waals surface area contributed by atoms with E-state index in [-0.39, 0.29) is 5.69 Å². The van der Waals surface area contributed by atoms with Crippen molar-refractivity contribution in [2.75, 3.05) is 6.61 Å². The van der Waals surface area contributed by atoms with Crippen molar-refractivity contribution in [1.82, 2.24) is 13.5 Å². The first-order valence-corrected chi connectivity index (χ1v) is 10.0. The largest absolute Gasteiger partial charge is 0.494 e. The molecule has 31 heavy (non-hydrogen) atoms. The van der Waals surface area contributed by atoms with Crippen LogP contribution < -0.4 is 16.0 Å². The molecule has 0 fully saturated rings. The molecule has 0 saturated heterocycles. The number of rotatable bonds is 4. The number of hydrogen-bond acceptors (Lipinski definition) is 5. The van der Waals surface area contributed by atoms with Crippen LogP contribution >= 0.6 is 11.5 Å². The van der Waals surface area contributed by atoms with Crippen molar-refractivity contribution in [3.63, 3.8) is 0 Å². The van der Waals surface area contributed by atoms with Crippen LogP contribution in [0.3, 0.4) is 0 Å². The maximum atomic E-state index is 13.1. The van der Waals surface area contributed by atoms with E-state index in [1.165, 1.54) is 17.6 Å². The fourth-order valence-corrected chi connectivity index (χ4v) is 4.09. The molecule has 2 aromatic heterocycles. The number of halogens is 3. The van der Waals surface area contributed by atoms with E-state index in [4.69, 9.17) is 4.74 Å². The third kappa shape index (κ3) is 3.74. The van der Waals surface area contributed by atoms with Gasteiger partial charge in [-0.15, -0.1) is 0 Å². The average Bonchev–Trinajstić information content (AvgIpc) is 3.14. The summed E-state index contributed by atoms with van der Waals surface area (Å²) in [5.41, 5.74) is -1.87. The molecule has 2 aromatic carbocycles. The molecule has 4 aromatic rings. The lowest BCUT2D eigenvalue weighted by molar-refractivity contribution is -0.144. The van der Waals surface area contributed by atoms with Crippen LogP contribution in [-0.2, 0) is 13.2 Å². The van der Waals surface area contributed by atoms with Gasteiger partial charge in [-0.3, -0.25) is 9.36 Å². The smallest absolute Gasteiger partial charge is 0.431 e. The zero-order valence-corrected chi connectivity index (χ0v) is 17.3. The molecule has 0 N–H and O–H groups in total. The number of aromatic nitrogens is 3. The molecule has 0 aliphatic rings. The van der Waals surface area contributed by atoms with E-state index < -0.39 is 23.1 Å². The molecule has 0 saturated carbocycles. The molecule has 0 spiro atoms.